The number of ether oxygens (including phenoxy) is 2. The van der Waals surface area contributed by atoms with Crippen molar-refractivity contribution in [3.05, 3.63) is 83.7 Å². The lowest BCUT2D eigenvalue weighted by Gasteiger charge is -2.10. The average Bonchev–Trinajstić information content (AvgIpc) is 3.14. The Bertz CT molecular complexity index is 831. The minimum absolute atomic E-state index is 0.244. The normalized spacial score (nSPS) is 11.1. The third kappa shape index (κ3) is 6.83. The Morgan fingerprint density at radius 1 is 0.964 bits per heavy atom. The lowest BCUT2D eigenvalue weighted by molar-refractivity contribution is 0.0143. The van der Waals surface area contributed by atoms with Crippen molar-refractivity contribution in [3.63, 3.8) is 0 Å². The maximum absolute atomic E-state index is 5.68. The molecule has 0 unspecified atom stereocenters. The molecule has 0 fully saturated rings. The van der Waals surface area contributed by atoms with Gasteiger partial charge in [-0.3, -0.25) is 4.68 Å². The number of anilines is 1. The third-order valence-corrected chi connectivity index (χ3v) is 4.25. The van der Waals surface area contributed by atoms with Gasteiger partial charge in [-0.15, -0.1) is 0 Å². The van der Waals surface area contributed by atoms with Gasteiger partial charge in [-0.25, -0.2) is 0 Å². The van der Waals surface area contributed by atoms with Crippen molar-refractivity contribution in [2.75, 3.05) is 18.5 Å². The molecule has 1 N–H and O–H groups in total. The van der Waals surface area contributed by atoms with Crippen LogP contribution in [-0.2, 0) is 29.2 Å². The standard InChI is InChI=1S/C23H29N3O2/c1-19(2)28-12-11-27-18-21-9-6-10-23(13-21)24-14-22-15-25-26(17-22)16-20-7-4-3-5-8-20/h3-10,13,15,17,19,24H,11-12,14,16,18H2,1-2H3. The Hall–Kier alpha value is -2.63. The average molecular weight is 380 g/mol. The lowest BCUT2D eigenvalue weighted by Crippen LogP contribution is -2.09. The zero-order valence-electron chi connectivity index (χ0n) is 16.7. The lowest BCUT2D eigenvalue weighted by atomic mass is 10.2. The summed E-state index contributed by atoms with van der Waals surface area (Å²) in [5.41, 5.74) is 4.63. The molecule has 0 bridgehead atoms. The highest BCUT2D eigenvalue weighted by molar-refractivity contribution is 5.46. The largest absolute Gasteiger partial charge is 0.381 e. The minimum Gasteiger partial charge on any atom is -0.381 e. The van der Waals surface area contributed by atoms with Gasteiger partial charge in [0, 0.05) is 24.0 Å². The molecule has 0 amide bonds. The second-order valence-electron chi connectivity index (χ2n) is 7.06. The van der Waals surface area contributed by atoms with Crippen LogP contribution in [0.4, 0.5) is 5.69 Å². The molecule has 0 aliphatic heterocycles. The molecule has 0 aliphatic rings. The van der Waals surface area contributed by atoms with E-state index in [1.807, 2.05) is 36.9 Å². The summed E-state index contributed by atoms with van der Waals surface area (Å²) in [7, 11) is 0. The van der Waals surface area contributed by atoms with Crippen LogP contribution in [0.5, 0.6) is 0 Å². The first-order valence-corrected chi connectivity index (χ1v) is 9.76. The molecule has 1 aromatic heterocycles. The number of rotatable bonds is 11. The van der Waals surface area contributed by atoms with Gasteiger partial charge in [0.2, 0.25) is 0 Å². The van der Waals surface area contributed by atoms with Crippen LogP contribution in [0.2, 0.25) is 0 Å². The summed E-state index contributed by atoms with van der Waals surface area (Å²) in [4.78, 5) is 0. The van der Waals surface area contributed by atoms with Gasteiger partial charge in [0.25, 0.3) is 0 Å². The van der Waals surface area contributed by atoms with E-state index in [1.54, 1.807) is 0 Å². The van der Waals surface area contributed by atoms with Gasteiger partial charge in [0.1, 0.15) is 0 Å². The van der Waals surface area contributed by atoms with Crippen molar-refractivity contribution in [3.8, 4) is 0 Å². The van der Waals surface area contributed by atoms with E-state index in [1.165, 1.54) is 5.56 Å². The van der Waals surface area contributed by atoms with Crippen LogP contribution in [0, 0.1) is 0 Å². The summed E-state index contributed by atoms with van der Waals surface area (Å²) in [6, 6.07) is 18.7. The molecule has 28 heavy (non-hydrogen) atoms. The van der Waals surface area contributed by atoms with E-state index in [0.29, 0.717) is 19.8 Å². The molecule has 0 radical (unpaired) electrons. The number of hydrogen-bond acceptors (Lipinski definition) is 4. The highest BCUT2D eigenvalue weighted by Crippen LogP contribution is 2.13. The Morgan fingerprint density at radius 2 is 1.79 bits per heavy atom. The molecular formula is C23H29N3O2. The first kappa shape index (κ1) is 20.1. The molecule has 0 spiro atoms. The van der Waals surface area contributed by atoms with Gasteiger partial charge in [-0.2, -0.15) is 5.10 Å². The van der Waals surface area contributed by atoms with Crippen LogP contribution in [-0.4, -0.2) is 29.1 Å². The van der Waals surface area contributed by atoms with E-state index < -0.39 is 0 Å². The second-order valence-corrected chi connectivity index (χ2v) is 7.06. The molecule has 1 heterocycles. The summed E-state index contributed by atoms with van der Waals surface area (Å²) in [5, 5.41) is 7.92. The van der Waals surface area contributed by atoms with E-state index in [4.69, 9.17) is 9.47 Å². The SMILES string of the molecule is CC(C)OCCOCc1cccc(NCc2cnn(Cc3ccccc3)c2)c1. The van der Waals surface area contributed by atoms with Crippen molar-refractivity contribution in [1.82, 2.24) is 9.78 Å². The van der Waals surface area contributed by atoms with Crippen molar-refractivity contribution in [2.45, 2.75) is 39.6 Å². The number of benzene rings is 2. The van der Waals surface area contributed by atoms with Gasteiger partial charge < -0.3 is 14.8 Å². The van der Waals surface area contributed by atoms with E-state index in [-0.39, 0.29) is 6.10 Å². The minimum atomic E-state index is 0.244. The van der Waals surface area contributed by atoms with Gasteiger partial charge in [-0.05, 0) is 37.1 Å². The van der Waals surface area contributed by atoms with Gasteiger partial charge in [0.15, 0.2) is 0 Å². The summed E-state index contributed by atoms with van der Waals surface area (Å²) in [6.07, 6.45) is 4.24. The molecule has 0 saturated heterocycles. The van der Waals surface area contributed by atoms with Gasteiger partial charge >= 0.3 is 0 Å². The van der Waals surface area contributed by atoms with Crippen molar-refractivity contribution < 1.29 is 9.47 Å². The number of hydrogen-bond donors (Lipinski definition) is 1. The zero-order chi connectivity index (χ0) is 19.6. The number of nitrogens with zero attached hydrogens (tertiary/aromatic N) is 2. The first-order chi connectivity index (χ1) is 13.7. The van der Waals surface area contributed by atoms with Crippen molar-refractivity contribution in [2.24, 2.45) is 0 Å². The van der Waals surface area contributed by atoms with Crippen LogP contribution in [0.15, 0.2) is 67.0 Å². The van der Waals surface area contributed by atoms with Crippen LogP contribution >= 0.6 is 0 Å². The maximum atomic E-state index is 5.68. The molecule has 0 saturated carbocycles. The molecule has 5 heteroatoms. The topological polar surface area (TPSA) is 48.3 Å². The quantitative estimate of drug-likeness (QED) is 0.499. The summed E-state index contributed by atoms with van der Waals surface area (Å²) < 4.78 is 13.1. The summed E-state index contributed by atoms with van der Waals surface area (Å²) in [5.74, 6) is 0. The Labute approximate surface area is 167 Å². The van der Waals surface area contributed by atoms with Crippen LogP contribution in [0.1, 0.15) is 30.5 Å². The fourth-order valence-corrected chi connectivity index (χ4v) is 2.86. The molecule has 2 aromatic carbocycles. The number of nitrogens with one attached hydrogen (secondary N) is 1. The van der Waals surface area contributed by atoms with Crippen molar-refractivity contribution in [1.29, 1.82) is 0 Å². The Kier molecular flexibility index (Phi) is 7.64. The van der Waals surface area contributed by atoms with Gasteiger partial charge in [0.05, 0.1) is 38.7 Å². The van der Waals surface area contributed by atoms with Gasteiger partial charge in [-0.1, -0.05) is 42.5 Å². The second kappa shape index (κ2) is 10.6. The fourth-order valence-electron chi connectivity index (χ4n) is 2.86. The molecule has 5 nitrogen and oxygen atoms in total. The third-order valence-electron chi connectivity index (χ3n) is 4.25. The Morgan fingerprint density at radius 3 is 2.61 bits per heavy atom. The molecular weight excluding hydrogens is 350 g/mol. The smallest absolute Gasteiger partial charge is 0.0718 e. The molecule has 148 valence electrons. The number of aromatic nitrogens is 2. The molecule has 3 rings (SSSR count). The molecule has 0 atom stereocenters. The van der Waals surface area contributed by atoms with E-state index in [0.717, 1.165) is 29.9 Å². The molecule has 3 aromatic rings. The summed E-state index contributed by atoms with van der Waals surface area (Å²) >= 11 is 0. The fraction of sp³-hybridized carbons (Fsp3) is 0.348. The first-order valence-electron chi connectivity index (χ1n) is 9.76. The van der Waals surface area contributed by atoms with Crippen LogP contribution in [0.25, 0.3) is 0 Å². The van der Waals surface area contributed by atoms with Crippen LogP contribution < -0.4 is 5.32 Å². The van der Waals surface area contributed by atoms with E-state index in [2.05, 4.69) is 59.1 Å². The van der Waals surface area contributed by atoms with E-state index in [9.17, 15) is 0 Å². The Balaban J connectivity index is 1.44. The predicted molar refractivity (Wildman–Crippen MR) is 112 cm³/mol. The van der Waals surface area contributed by atoms with E-state index >= 15 is 0 Å². The monoisotopic (exact) mass is 379 g/mol. The van der Waals surface area contributed by atoms with Crippen LogP contribution in [0.3, 0.4) is 0 Å². The zero-order valence-corrected chi connectivity index (χ0v) is 16.7. The summed E-state index contributed by atoms with van der Waals surface area (Å²) in [6.45, 7) is 7.40. The van der Waals surface area contributed by atoms with Crippen molar-refractivity contribution >= 4 is 5.69 Å². The highest BCUT2D eigenvalue weighted by atomic mass is 16.5. The molecule has 0 aliphatic carbocycles. The predicted octanol–water partition coefficient (Wildman–Crippen LogP) is 4.49. The maximum Gasteiger partial charge on any atom is 0.0718 e. The highest BCUT2D eigenvalue weighted by Gasteiger charge is 2.02.